The third-order valence-corrected chi connectivity index (χ3v) is 4.50. The molecule has 1 aromatic rings. The Morgan fingerprint density at radius 2 is 2.24 bits per heavy atom. The topological polar surface area (TPSA) is 69.6 Å². The van der Waals surface area contributed by atoms with Gasteiger partial charge < -0.3 is 10.4 Å². The Labute approximate surface area is 132 Å². The molecule has 0 spiro atoms. The molecule has 5 nitrogen and oxygen atoms in total. The van der Waals surface area contributed by atoms with Crippen molar-refractivity contribution >= 4 is 35.1 Å². The summed E-state index contributed by atoms with van der Waals surface area (Å²) in [5, 5.41) is 12.6. The first-order valence-electron chi connectivity index (χ1n) is 6.61. The van der Waals surface area contributed by atoms with Gasteiger partial charge in [-0.3, -0.25) is 14.5 Å². The van der Waals surface area contributed by atoms with Crippen LogP contribution in [0.1, 0.15) is 24.9 Å². The van der Waals surface area contributed by atoms with E-state index in [0.717, 1.165) is 5.56 Å². The van der Waals surface area contributed by atoms with Crippen LogP contribution in [0.4, 0.5) is 0 Å². The van der Waals surface area contributed by atoms with Crippen LogP contribution in [0.2, 0.25) is 10.0 Å². The Balaban J connectivity index is 2.30. The van der Waals surface area contributed by atoms with Crippen molar-refractivity contribution < 1.29 is 14.7 Å². The molecule has 1 amide bonds. The number of carboxylic acid groups (broad SMARTS) is 1. The van der Waals surface area contributed by atoms with Crippen LogP contribution in [0.5, 0.6) is 0 Å². The minimum absolute atomic E-state index is 0.202. The lowest BCUT2D eigenvalue weighted by atomic mass is 10.0. The van der Waals surface area contributed by atoms with E-state index in [1.54, 1.807) is 12.1 Å². The Bertz CT molecular complexity index is 565. The van der Waals surface area contributed by atoms with E-state index in [1.165, 1.54) is 0 Å². The zero-order valence-electron chi connectivity index (χ0n) is 11.5. The van der Waals surface area contributed by atoms with Gasteiger partial charge in [0.25, 0.3) is 0 Å². The van der Waals surface area contributed by atoms with Crippen LogP contribution in [0.15, 0.2) is 18.2 Å². The van der Waals surface area contributed by atoms with Crippen molar-refractivity contribution in [3.05, 3.63) is 33.8 Å². The smallest absolute Gasteiger partial charge is 0.305 e. The fraction of sp³-hybridized carbons (Fsp3) is 0.429. The van der Waals surface area contributed by atoms with E-state index in [0.29, 0.717) is 23.1 Å². The quantitative estimate of drug-likeness (QED) is 0.888. The Kier molecular flexibility index (Phi) is 5.08. The summed E-state index contributed by atoms with van der Waals surface area (Å²) in [6.45, 7) is 2.94. The summed E-state index contributed by atoms with van der Waals surface area (Å²) in [4.78, 5) is 24.8. The number of nitrogens with zero attached hydrogens (tertiary/aromatic N) is 1. The highest BCUT2D eigenvalue weighted by Gasteiger charge is 2.35. The Morgan fingerprint density at radius 3 is 2.90 bits per heavy atom. The summed E-state index contributed by atoms with van der Waals surface area (Å²) in [6.07, 6.45) is -0.242. The summed E-state index contributed by atoms with van der Waals surface area (Å²) < 4.78 is 0. The molecule has 0 bridgehead atoms. The fourth-order valence-corrected chi connectivity index (χ4v) is 3.06. The van der Waals surface area contributed by atoms with Gasteiger partial charge in [0.1, 0.15) is 6.04 Å². The molecular formula is C14H16Cl2N2O3. The predicted octanol–water partition coefficient (Wildman–Crippen LogP) is 2.33. The first-order chi connectivity index (χ1) is 9.91. The summed E-state index contributed by atoms with van der Waals surface area (Å²) in [7, 11) is 0. The van der Waals surface area contributed by atoms with Gasteiger partial charge in [0.2, 0.25) is 5.91 Å². The molecule has 0 saturated carbocycles. The highest BCUT2D eigenvalue weighted by molar-refractivity contribution is 6.42. The number of aliphatic carboxylic acids is 1. The number of carboxylic acids is 1. The van der Waals surface area contributed by atoms with Gasteiger partial charge in [0, 0.05) is 19.1 Å². The number of amides is 1. The van der Waals surface area contributed by atoms with Gasteiger partial charge in [-0.2, -0.15) is 0 Å². The zero-order chi connectivity index (χ0) is 15.6. The molecule has 1 aliphatic heterocycles. The van der Waals surface area contributed by atoms with Crippen molar-refractivity contribution in [3.8, 4) is 0 Å². The molecular weight excluding hydrogens is 315 g/mol. The Hall–Kier alpha value is -1.30. The molecule has 1 saturated heterocycles. The van der Waals surface area contributed by atoms with Crippen molar-refractivity contribution in [1.29, 1.82) is 0 Å². The van der Waals surface area contributed by atoms with Gasteiger partial charge in [-0.15, -0.1) is 0 Å². The number of halogens is 2. The first kappa shape index (κ1) is 16.1. The van der Waals surface area contributed by atoms with Crippen LogP contribution in [0, 0.1) is 0 Å². The molecule has 0 aliphatic carbocycles. The van der Waals surface area contributed by atoms with Crippen LogP contribution in [-0.2, 0) is 9.59 Å². The number of nitrogens with one attached hydrogen (secondary N) is 1. The van der Waals surface area contributed by atoms with Crippen LogP contribution in [0.3, 0.4) is 0 Å². The molecule has 1 heterocycles. The molecule has 21 heavy (non-hydrogen) atoms. The van der Waals surface area contributed by atoms with Crippen molar-refractivity contribution in [1.82, 2.24) is 10.2 Å². The van der Waals surface area contributed by atoms with Crippen molar-refractivity contribution in [2.75, 3.05) is 13.1 Å². The minimum Gasteiger partial charge on any atom is -0.481 e. The van der Waals surface area contributed by atoms with E-state index in [9.17, 15) is 9.59 Å². The monoisotopic (exact) mass is 330 g/mol. The second-order valence-electron chi connectivity index (χ2n) is 4.96. The molecule has 2 N–H and O–H groups in total. The molecule has 0 aromatic heterocycles. The Morgan fingerprint density at radius 1 is 1.52 bits per heavy atom. The number of carbonyl (C=O) groups is 2. The van der Waals surface area contributed by atoms with Crippen LogP contribution in [-0.4, -0.2) is 41.0 Å². The lowest BCUT2D eigenvalue weighted by Gasteiger charge is -2.39. The second kappa shape index (κ2) is 6.64. The lowest BCUT2D eigenvalue weighted by Crippen LogP contribution is -2.56. The second-order valence-corrected chi connectivity index (χ2v) is 5.75. The van der Waals surface area contributed by atoms with E-state index >= 15 is 0 Å². The van der Waals surface area contributed by atoms with Gasteiger partial charge in [0.15, 0.2) is 0 Å². The highest BCUT2D eigenvalue weighted by Crippen LogP contribution is 2.34. The SMILES string of the molecule is CC(c1cccc(Cl)c1Cl)N1CCNC(=O)C1CC(=O)O. The van der Waals surface area contributed by atoms with Gasteiger partial charge in [-0.05, 0) is 18.6 Å². The largest absolute Gasteiger partial charge is 0.481 e. The number of rotatable bonds is 4. The molecule has 1 aromatic carbocycles. The average molecular weight is 331 g/mol. The summed E-state index contributed by atoms with van der Waals surface area (Å²) in [6, 6.07) is 4.41. The molecule has 2 atom stereocenters. The van der Waals surface area contributed by atoms with Crippen LogP contribution in [0.25, 0.3) is 0 Å². The standard InChI is InChI=1S/C14H16Cl2N2O3/c1-8(9-3-2-4-10(15)13(9)16)18-6-5-17-14(21)11(18)7-12(19)20/h2-4,8,11H,5-7H2,1H3,(H,17,21)(H,19,20). The van der Waals surface area contributed by atoms with E-state index < -0.39 is 12.0 Å². The van der Waals surface area contributed by atoms with Crippen LogP contribution >= 0.6 is 23.2 Å². The average Bonchev–Trinajstić information content (AvgIpc) is 2.43. The van der Waals surface area contributed by atoms with Crippen LogP contribution < -0.4 is 5.32 Å². The number of hydrogen-bond acceptors (Lipinski definition) is 3. The lowest BCUT2D eigenvalue weighted by molar-refractivity contribution is -0.143. The maximum Gasteiger partial charge on any atom is 0.305 e. The third kappa shape index (κ3) is 3.48. The maximum atomic E-state index is 12.0. The number of carbonyl (C=O) groups excluding carboxylic acids is 1. The minimum atomic E-state index is -1.01. The van der Waals surface area contributed by atoms with Gasteiger partial charge >= 0.3 is 5.97 Å². The van der Waals surface area contributed by atoms with Gasteiger partial charge in [-0.25, -0.2) is 0 Å². The zero-order valence-corrected chi connectivity index (χ0v) is 13.0. The molecule has 114 valence electrons. The molecule has 1 fully saturated rings. The number of hydrogen-bond donors (Lipinski definition) is 2. The summed E-state index contributed by atoms with van der Waals surface area (Å²) >= 11 is 12.2. The van der Waals surface area contributed by atoms with Crippen molar-refractivity contribution in [2.24, 2.45) is 0 Å². The molecule has 1 aliphatic rings. The van der Waals surface area contributed by atoms with Gasteiger partial charge in [-0.1, -0.05) is 35.3 Å². The molecule has 0 radical (unpaired) electrons. The van der Waals surface area contributed by atoms with E-state index in [4.69, 9.17) is 28.3 Å². The predicted molar refractivity (Wildman–Crippen MR) is 80.6 cm³/mol. The normalized spacial score (nSPS) is 20.9. The summed E-state index contributed by atoms with van der Waals surface area (Å²) in [5.41, 5.74) is 0.786. The van der Waals surface area contributed by atoms with Gasteiger partial charge in [0.05, 0.1) is 16.5 Å². The highest BCUT2D eigenvalue weighted by atomic mass is 35.5. The van der Waals surface area contributed by atoms with E-state index in [1.807, 2.05) is 17.9 Å². The maximum absolute atomic E-state index is 12.0. The van der Waals surface area contributed by atoms with Crippen molar-refractivity contribution in [2.45, 2.75) is 25.4 Å². The third-order valence-electron chi connectivity index (χ3n) is 3.67. The molecule has 2 unspecified atom stereocenters. The molecule has 7 heteroatoms. The van der Waals surface area contributed by atoms with Crippen molar-refractivity contribution in [3.63, 3.8) is 0 Å². The molecule has 2 rings (SSSR count). The number of benzene rings is 1. The fourth-order valence-electron chi connectivity index (χ4n) is 2.59. The van der Waals surface area contributed by atoms with E-state index in [2.05, 4.69) is 5.32 Å². The summed E-state index contributed by atoms with van der Waals surface area (Å²) in [5.74, 6) is -1.28. The number of piperazine rings is 1. The first-order valence-corrected chi connectivity index (χ1v) is 7.36. The van der Waals surface area contributed by atoms with E-state index in [-0.39, 0.29) is 18.4 Å².